The van der Waals surface area contributed by atoms with Crippen LogP contribution in [0.3, 0.4) is 0 Å². The van der Waals surface area contributed by atoms with Gasteiger partial charge in [-0.15, -0.1) is 0 Å². The molecule has 1 N–H and O–H groups in total. The molecule has 3 nitrogen and oxygen atoms in total. The Kier molecular flexibility index (Phi) is 4.76. The maximum absolute atomic E-state index is 13.0. The summed E-state index contributed by atoms with van der Waals surface area (Å²) in [7, 11) is 0. The molecule has 20 heavy (non-hydrogen) atoms. The third kappa shape index (κ3) is 3.01. The smallest absolute Gasteiger partial charge is 0.241 e. The SMILES string of the molecule is CCC(CC)CN1C(=O)C(C)NC1c1ccc(F)cc1. The molecule has 0 spiro atoms. The first-order chi connectivity index (χ1) is 9.56. The molecule has 110 valence electrons. The first-order valence-corrected chi connectivity index (χ1v) is 7.38. The maximum atomic E-state index is 13.0. The van der Waals surface area contributed by atoms with Gasteiger partial charge in [0, 0.05) is 6.54 Å². The Bertz CT molecular complexity index is 456. The molecule has 2 atom stereocenters. The average Bonchev–Trinajstić information content (AvgIpc) is 2.73. The van der Waals surface area contributed by atoms with Gasteiger partial charge in [0.15, 0.2) is 0 Å². The summed E-state index contributed by atoms with van der Waals surface area (Å²) < 4.78 is 13.0. The Balaban J connectivity index is 2.21. The van der Waals surface area contributed by atoms with E-state index in [9.17, 15) is 9.18 Å². The zero-order chi connectivity index (χ0) is 14.7. The van der Waals surface area contributed by atoms with Gasteiger partial charge < -0.3 is 4.90 Å². The number of hydrogen-bond donors (Lipinski definition) is 1. The standard InChI is InChI=1S/C16H23FN2O/c1-4-12(5-2)10-19-15(18-11(3)16(19)20)13-6-8-14(17)9-7-13/h6-9,11-12,15,18H,4-5,10H2,1-3H3. The summed E-state index contributed by atoms with van der Waals surface area (Å²) in [6.45, 7) is 6.94. The van der Waals surface area contributed by atoms with Crippen molar-refractivity contribution < 1.29 is 9.18 Å². The van der Waals surface area contributed by atoms with Gasteiger partial charge in [-0.05, 0) is 30.5 Å². The Hall–Kier alpha value is -1.42. The van der Waals surface area contributed by atoms with Gasteiger partial charge in [-0.25, -0.2) is 4.39 Å². The molecule has 2 unspecified atom stereocenters. The Morgan fingerprint density at radius 1 is 1.25 bits per heavy atom. The molecule has 1 saturated heterocycles. The van der Waals surface area contributed by atoms with Crippen LogP contribution < -0.4 is 5.32 Å². The fourth-order valence-electron chi connectivity index (χ4n) is 2.72. The minimum atomic E-state index is -0.252. The molecule has 0 saturated carbocycles. The number of hydrogen-bond acceptors (Lipinski definition) is 2. The van der Waals surface area contributed by atoms with Crippen LogP contribution in [0.15, 0.2) is 24.3 Å². The lowest BCUT2D eigenvalue weighted by Crippen LogP contribution is -2.34. The predicted molar refractivity (Wildman–Crippen MR) is 77.5 cm³/mol. The molecule has 1 aliphatic heterocycles. The molecule has 1 aromatic rings. The van der Waals surface area contributed by atoms with Gasteiger partial charge in [-0.1, -0.05) is 38.8 Å². The fourth-order valence-corrected chi connectivity index (χ4v) is 2.72. The third-order valence-corrected chi connectivity index (χ3v) is 4.17. The number of benzene rings is 1. The van der Waals surface area contributed by atoms with Crippen LogP contribution in [-0.4, -0.2) is 23.4 Å². The number of carbonyl (C=O) groups is 1. The third-order valence-electron chi connectivity index (χ3n) is 4.17. The van der Waals surface area contributed by atoms with E-state index in [1.54, 1.807) is 12.1 Å². The van der Waals surface area contributed by atoms with Crippen LogP contribution in [0.2, 0.25) is 0 Å². The molecule has 0 aliphatic carbocycles. The van der Waals surface area contributed by atoms with Crippen LogP contribution >= 0.6 is 0 Å². The molecule has 1 heterocycles. The molecule has 1 amide bonds. The van der Waals surface area contributed by atoms with Crippen molar-refractivity contribution in [3.8, 4) is 0 Å². The van der Waals surface area contributed by atoms with Crippen LogP contribution in [0.4, 0.5) is 4.39 Å². The zero-order valence-electron chi connectivity index (χ0n) is 12.4. The van der Waals surface area contributed by atoms with Crippen LogP contribution in [0.1, 0.15) is 45.3 Å². The van der Waals surface area contributed by atoms with Gasteiger partial charge in [0.1, 0.15) is 12.0 Å². The van der Waals surface area contributed by atoms with E-state index >= 15 is 0 Å². The number of carbonyl (C=O) groups excluding carboxylic acids is 1. The second-order valence-electron chi connectivity index (χ2n) is 5.52. The van der Waals surface area contributed by atoms with Gasteiger partial charge in [-0.3, -0.25) is 10.1 Å². The Labute approximate surface area is 120 Å². The predicted octanol–water partition coefficient (Wildman–Crippen LogP) is 3.08. The maximum Gasteiger partial charge on any atom is 0.241 e. The highest BCUT2D eigenvalue weighted by molar-refractivity contribution is 5.84. The number of nitrogens with one attached hydrogen (secondary N) is 1. The summed E-state index contributed by atoms with van der Waals surface area (Å²) in [4.78, 5) is 14.2. The summed E-state index contributed by atoms with van der Waals surface area (Å²) in [5.74, 6) is 0.387. The summed E-state index contributed by atoms with van der Waals surface area (Å²) in [6, 6.07) is 6.20. The molecule has 0 radical (unpaired) electrons. The van der Waals surface area contributed by atoms with Crippen LogP contribution in [0.5, 0.6) is 0 Å². The van der Waals surface area contributed by atoms with E-state index in [2.05, 4.69) is 19.2 Å². The van der Waals surface area contributed by atoms with E-state index in [0.717, 1.165) is 24.9 Å². The van der Waals surface area contributed by atoms with E-state index in [1.807, 2.05) is 11.8 Å². The lowest BCUT2D eigenvalue weighted by atomic mass is 10.0. The fraction of sp³-hybridized carbons (Fsp3) is 0.562. The second-order valence-corrected chi connectivity index (χ2v) is 5.52. The largest absolute Gasteiger partial charge is 0.321 e. The van der Waals surface area contributed by atoms with Crippen molar-refractivity contribution in [2.24, 2.45) is 5.92 Å². The van der Waals surface area contributed by atoms with Crippen molar-refractivity contribution >= 4 is 5.91 Å². The average molecular weight is 278 g/mol. The minimum Gasteiger partial charge on any atom is -0.321 e. The highest BCUT2D eigenvalue weighted by Gasteiger charge is 2.37. The minimum absolute atomic E-state index is 0.131. The number of rotatable bonds is 5. The summed E-state index contributed by atoms with van der Waals surface area (Å²) in [5, 5.41) is 3.30. The zero-order valence-corrected chi connectivity index (χ0v) is 12.4. The van der Waals surface area contributed by atoms with Crippen LogP contribution in [0.25, 0.3) is 0 Å². The van der Waals surface area contributed by atoms with E-state index in [0.29, 0.717) is 5.92 Å². The van der Waals surface area contributed by atoms with E-state index in [-0.39, 0.29) is 23.9 Å². The van der Waals surface area contributed by atoms with Gasteiger partial charge in [0.05, 0.1) is 6.04 Å². The van der Waals surface area contributed by atoms with Crippen molar-refractivity contribution in [1.82, 2.24) is 10.2 Å². The molecule has 0 bridgehead atoms. The summed E-state index contributed by atoms with van der Waals surface area (Å²) >= 11 is 0. The van der Waals surface area contributed by atoms with Crippen molar-refractivity contribution in [2.45, 2.75) is 45.8 Å². The van der Waals surface area contributed by atoms with Gasteiger partial charge >= 0.3 is 0 Å². The van der Waals surface area contributed by atoms with Crippen molar-refractivity contribution in [2.75, 3.05) is 6.54 Å². The van der Waals surface area contributed by atoms with Crippen molar-refractivity contribution in [3.05, 3.63) is 35.6 Å². The first-order valence-electron chi connectivity index (χ1n) is 7.38. The van der Waals surface area contributed by atoms with Gasteiger partial charge in [-0.2, -0.15) is 0 Å². The molecule has 0 aromatic heterocycles. The van der Waals surface area contributed by atoms with Crippen LogP contribution in [-0.2, 0) is 4.79 Å². The first kappa shape index (κ1) is 15.0. The number of nitrogens with zero attached hydrogens (tertiary/aromatic N) is 1. The summed E-state index contributed by atoms with van der Waals surface area (Å²) in [6.07, 6.45) is 1.98. The highest BCUT2D eigenvalue weighted by atomic mass is 19.1. The molecular weight excluding hydrogens is 255 g/mol. The highest BCUT2D eigenvalue weighted by Crippen LogP contribution is 2.27. The molecule has 2 rings (SSSR count). The molecule has 1 fully saturated rings. The topological polar surface area (TPSA) is 32.3 Å². The lowest BCUT2D eigenvalue weighted by molar-refractivity contribution is -0.130. The Morgan fingerprint density at radius 3 is 2.40 bits per heavy atom. The summed E-state index contributed by atoms with van der Waals surface area (Å²) in [5.41, 5.74) is 0.940. The number of amides is 1. The monoisotopic (exact) mass is 278 g/mol. The van der Waals surface area contributed by atoms with Gasteiger partial charge in [0.2, 0.25) is 5.91 Å². The van der Waals surface area contributed by atoms with Gasteiger partial charge in [0.25, 0.3) is 0 Å². The lowest BCUT2D eigenvalue weighted by Gasteiger charge is -2.28. The normalized spacial score (nSPS) is 22.9. The second kappa shape index (κ2) is 6.35. The van der Waals surface area contributed by atoms with E-state index in [4.69, 9.17) is 0 Å². The number of halogens is 1. The molecular formula is C16H23FN2O. The Morgan fingerprint density at radius 2 is 1.85 bits per heavy atom. The van der Waals surface area contributed by atoms with Crippen molar-refractivity contribution in [1.29, 1.82) is 0 Å². The molecule has 4 heteroatoms. The van der Waals surface area contributed by atoms with Crippen LogP contribution in [0, 0.1) is 11.7 Å². The van der Waals surface area contributed by atoms with Crippen molar-refractivity contribution in [3.63, 3.8) is 0 Å². The van der Waals surface area contributed by atoms with E-state index < -0.39 is 0 Å². The quantitative estimate of drug-likeness (QED) is 0.897. The molecule has 1 aliphatic rings. The van der Waals surface area contributed by atoms with E-state index in [1.165, 1.54) is 12.1 Å². The molecule has 1 aromatic carbocycles.